The van der Waals surface area contributed by atoms with Crippen molar-refractivity contribution >= 4 is 22.6 Å². The van der Waals surface area contributed by atoms with E-state index in [-0.39, 0.29) is 17.4 Å². The zero-order valence-electron chi connectivity index (χ0n) is 25.4. The molecule has 1 fully saturated rings. The summed E-state index contributed by atoms with van der Waals surface area (Å²) in [5.41, 5.74) is 3.97. The van der Waals surface area contributed by atoms with E-state index >= 15 is 0 Å². The molecule has 0 atom stereocenters. The number of H-pyrrole nitrogens is 1. The minimum absolute atomic E-state index is 0.186. The number of ether oxygens (including phenoxy) is 1. The van der Waals surface area contributed by atoms with Crippen LogP contribution in [0, 0.1) is 18.6 Å². The fourth-order valence-electron chi connectivity index (χ4n) is 5.59. The van der Waals surface area contributed by atoms with Gasteiger partial charge in [0, 0.05) is 22.3 Å². The Balaban J connectivity index is 1.25. The molecule has 0 aliphatic carbocycles. The van der Waals surface area contributed by atoms with Gasteiger partial charge < -0.3 is 25.5 Å². The fourth-order valence-corrected chi connectivity index (χ4v) is 5.59. The highest BCUT2D eigenvalue weighted by molar-refractivity contribution is 6.06. The summed E-state index contributed by atoms with van der Waals surface area (Å²) >= 11 is 0. The van der Waals surface area contributed by atoms with Crippen LogP contribution in [-0.4, -0.2) is 45.2 Å². The van der Waals surface area contributed by atoms with Crippen LogP contribution in [0.15, 0.2) is 67.0 Å². The van der Waals surface area contributed by atoms with Crippen molar-refractivity contribution in [3.05, 3.63) is 101 Å². The number of rotatable bonds is 8. The molecule has 1 aliphatic heterocycles. The number of hydrogen-bond acceptors (Lipinski definition) is 6. The Morgan fingerprint density at radius 3 is 2.51 bits per heavy atom. The Kier molecular flexibility index (Phi) is 8.46. The number of benzene rings is 3. The van der Waals surface area contributed by atoms with Gasteiger partial charge in [0.05, 0.1) is 29.6 Å². The van der Waals surface area contributed by atoms with Gasteiger partial charge in [-0.3, -0.25) is 4.79 Å². The third-order valence-electron chi connectivity index (χ3n) is 8.26. The maximum absolute atomic E-state index is 15.0. The molecule has 10 heteroatoms. The molecule has 45 heavy (non-hydrogen) atoms. The summed E-state index contributed by atoms with van der Waals surface area (Å²) in [7, 11) is 0. The van der Waals surface area contributed by atoms with Gasteiger partial charge in [-0.2, -0.15) is 0 Å². The summed E-state index contributed by atoms with van der Waals surface area (Å²) in [4.78, 5) is 25.3. The predicted octanol–water partition coefficient (Wildman–Crippen LogP) is 6.63. The lowest BCUT2D eigenvalue weighted by atomic mass is 9.96. The molecule has 1 amide bonds. The lowest BCUT2D eigenvalue weighted by molar-refractivity contribution is 0.0212. The Morgan fingerprint density at radius 2 is 1.80 bits per heavy atom. The third-order valence-corrected chi connectivity index (χ3v) is 8.26. The first-order valence-electron chi connectivity index (χ1n) is 15.0. The van der Waals surface area contributed by atoms with Gasteiger partial charge >= 0.3 is 0 Å². The maximum Gasteiger partial charge on any atom is 0.258 e. The molecule has 232 valence electrons. The second kappa shape index (κ2) is 12.5. The first kappa shape index (κ1) is 30.5. The molecule has 5 aromatic rings. The average Bonchev–Trinajstić information content (AvgIpc) is 3.47. The molecule has 0 radical (unpaired) electrons. The van der Waals surface area contributed by atoms with Crippen molar-refractivity contribution in [2.45, 2.75) is 51.9 Å². The number of fused-ring (bicyclic) bond motifs is 1. The molecule has 8 nitrogen and oxygen atoms in total. The van der Waals surface area contributed by atoms with Gasteiger partial charge in [-0.25, -0.2) is 18.7 Å². The van der Waals surface area contributed by atoms with Crippen LogP contribution in [0.1, 0.15) is 53.7 Å². The first-order valence-corrected chi connectivity index (χ1v) is 15.0. The number of aromatic amines is 1. The summed E-state index contributed by atoms with van der Waals surface area (Å²) in [5, 5.41) is 16.8. The molecule has 4 N–H and O–H groups in total. The normalized spacial score (nSPS) is 14.2. The van der Waals surface area contributed by atoms with Gasteiger partial charge in [0.2, 0.25) is 0 Å². The lowest BCUT2D eigenvalue weighted by Crippen LogP contribution is -2.32. The van der Waals surface area contributed by atoms with E-state index in [0.29, 0.717) is 40.0 Å². The monoisotopic (exact) mass is 611 g/mol. The number of anilines is 1. The quantitative estimate of drug-likeness (QED) is 0.157. The van der Waals surface area contributed by atoms with Gasteiger partial charge in [-0.1, -0.05) is 30.3 Å². The van der Waals surface area contributed by atoms with Gasteiger partial charge in [0.15, 0.2) is 0 Å². The maximum atomic E-state index is 15.0. The number of piperidine rings is 1. The van der Waals surface area contributed by atoms with Gasteiger partial charge in [-0.15, -0.1) is 0 Å². The molecule has 3 aromatic carbocycles. The van der Waals surface area contributed by atoms with E-state index in [9.17, 15) is 18.7 Å². The number of amides is 1. The van der Waals surface area contributed by atoms with Gasteiger partial charge in [0.25, 0.3) is 5.91 Å². The Hall–Kier alpha value is -4.51. The smallest absolute Gasteiger partial charge is 0.258 e. The second-order valence-electron chi connectivity index (χ2n) is 12.0. The standard InChI is InChI=1S/C35H35F2N5O3/c1-20-27(15-24(36)16-30(20)42-34(43)26-9-8-23(14-29(26)37)35(2,3)44)32-28-17-31(41-33(28)40-19-39-32)22-6-4-21(5-7-22)18-45-25-10-12-38-13-11-25/h4-9,14-17,19,25,38,44H,10-13,18H2,1-3H3,(H,42,43)(H,39,40,41). The first-order chi connectivity index (χ1) is 21.6. The van der Waals surface area contributed by atoms with Gasteiger partial charge in [0.1, 0.15) is 23.6 Å². The topological polar surface area (TPSA) is 112 Å². The van der Waals surface area contributed by atoms with Crippen molar-refractivity contribution in [3.63, 3.8) is 0 Å². The second-order valence-corrected chi connectivity index (χ2v) is 12.0. The fraction of sp³-hybridized carbons (Fsp3) is 0.286. The predicted molar refractivity (Wildman–Crippen MR) is 170 cm³/mol. The molecule has 0 bridgehead atoms. The van der Waals surface area contributed by atoms with E-state index in [1.165, 1.54) is 44.4 Å². The van der Waals surface area contributed by atoms with E-state index in [1.807, 2.05) is 30.3 Å². The zero-order chi connectivity index (χ0) is 31.7. The van der Waals surface area contributed by atoms with Crippen LogP contribution in [0.5, 0.6) is 0 Å². The lowest BCUT2D eigenvalue weighted by Gasteiger charge is -2.22. The van der Waals surface area contributed by atoms with Crippen LogP contribution >= 0.6 is 0 Å². The van der Waals surface area contributed by atoms with Crippen molar-refractivity contribution in [3.8, 4) is 22.5 Å². The van der Waals surface area contributed by atoms with Crippen LogP contribution in [0.2, 0.25) is 0 Å². The number of nitrogens with one attached hydrogen (secondary N) is 3. The molecule has 0 saturated carbocycles. The van der Waals surface area contributed by atoms with Crippen LogP contribution in [0.4, 0.5) is 14.5 Å². The molecule has 1 aliphatic rings. The van der Waals surface area contributed by atoms with E-state index in [1.54, 1.807) is 6.92 Å². The molecular weight excluding hydrogens is 576 g/mol. The minimum Gasteiger partial charge on any atom is -0.386 e. The number of aromatic nitrogens is 3. The largest absolute Gasteiger partial charge is 0.386 e. The minimum atomic E-state index is -1.27. The van der Waals surface area contributed by atoms with Crippen LogP contribution in [-0.2, 0) is 16.9 Å². The Morgan fingerprint density at radius 1 is 1.04 bits per heavy atom. The van der Waals surface area contributed by atoms with Crippen molar-refractivity contribution in [2.24, 2.45) is 0 Å². The van der Waals surface area contributed by atoms with E-state index < -0.39 is 23.1 Å². The number of nitrogens with zero attached hydrogens (tertiary/aromatic N) is 2. The highest BCUT2D eigenvalue weighted by Crippen LogP contribution is 2.35. The summed E-state index contributed by atoms with van der Waals surface area (Å²) in [5.74, 6) is -2.12. The van der Waals surface area contributed by atoms with Crippen LogP contribution < -0.4 is 10.6 Å². The van der Waals surface area contributed by atoms with Gasteiger partial charge in [-0.05, 0) is 99.3 Å². The molecule has 6 rings (SSSR count). The van der Waals surface area contributed by atoms with Crippen LogP contribution in [0.25, 0.3) is 33.5 Å². The number of aliphatic hydroxyl groups is 1. The molecule has 3 heterocycles. The average molecular weight is 612 g/mol. The zero-order valence-corrected chi connectivity index (χ0v) is 25.4. The Bertz CT molecular complexity index is 1860. The SMILES string of the molecule is Cc1c(NC(=O)c2ccc(C(C)(C)O)cc2F)cc(F)cc1-c1ncnc2[nH]c(-c3ccc(COC4CCNCC4)cc3)cc12. The summed E-state index contributed by atoms with van der Waals surface area (Å²) in [6, 6.07) is 16.5. The number of hydrogen-bond donors (Lipinski definition) is 4. The van der Waals surface area contributed by atoms with E-state index in [4.69, 9.17) is 4.74 Å². The number of halogens is 2. The highest BCUT2D eigenvalue weighted by atomic mass is 19.1. The molecule has 1 saturated heterocycles. The molecule has 0 spiro atoms. The van der Waals surface area contributed by atoms with E-state index in [2.05, 4.69) is 25.6 Å². The van der Waals surface area contributed by atoms with Crippen molar-refractivity contribution in [1.82, 2.24) is 20.3 Å². The van der Waals surface area contributed by atoms with Crippen molar-refractivity contribution < 1.29 is 23.4 Å². The summed E-state index contributed by atoms with van der Waals surface area (Å²) in [6.45, 7) is 7.32. The number of carbonyl (C=O) groups excluding carboxylic acids is 1. The third kappa shape index (κ3) is 6.63. The highest BCUT2D eigenvalue weighted by Gasteiger charge is 2.22. The summed E-state index contributed by atoms with van der Waals surface area (Å²) < 4.78 is 35.9. The molecular formula is C35H35F2N5O3. The van der Waals surface area contributed by atoms with Crippen LogP contribution in [0.3, 0.4) is 0 Å². The molecule has 0 unspecified atom stereocenters. The number of carbonyl (C=O) groups is 1. The Labute approximate surface area is 259 Å². The summed E-state index contributed by atoms with van der Waals surface area (Å²) in [6.07, 6.45) is 3.72. The van der Waals surface area contributed by atoms with Crippen molar-refractivity contribution in [1.29, 1.82) is 0 Å². The molecule has 2 aromatic heterocycles. The van der Waals surface area contributed by atoms with E-state index in [0.717, 1.165) is 48.8 Å². The van der Waals surface area contributed by atoms with Crippen molar-refractivity contribution in [2.75, 3.05) is 18.4 Å².